The Kier molecular flexibility index (Phi) is 4.52. The first kappa shape index (κ1) is 15.1. The van der Waals surface area contributed by atoms with Crippen molar-refractivity contribution in [3.8, 4) is 0 Å². The van der Waals surface area contributed by atoms with Gasteiger partial charge in [0.1, 0.15) is 0 Å². The van der Waals surface area contributed by atoms with Crippen LogP contribution in [0.5, 0.6) is 0 Å². The van der Waals surface area contributed by atoms with Crippen molar-refractivity contribution in [3.05, 3.63) is 0 Å². The molecule has 2 rings (SSSR count). The van der Waals surface area contributed by atoms with Crippen molar-refractivity contribution in [2.24, 2.45) is 11.1 Å². The molecule has 1 fully saturated rings. The summed E-state index contributed by atoms with van der Waals surface area (Å²) in [6.07, 6.45) is -4.52. The number of alkyl halides is 3. The quantitative estimate of drug-likeness (QED) is 0.743. The van der Waals surface area contributed by atoms with Crippen molar-refractivity contribution in [1.29, 1.82) is 0 Å². The highest BCUT2D eigenvalue weighted by Crippen LogP contribution is 2.34. The lowest BCUT2D eigenvalue weighted by atomic mass is 9.97. The standard InChI is InChI=1S/C12H17F3N2O3/c1-2-19-11(18)9-8(7-12(13,14)15)10(20-16-9)17-5-3-4-6-17/h8,10H,2-7H2,1H3. The Morgan fingerprint density at radius 3 is 2.65 bits per heavy atom. The number of rotatable bonds is 4. The maximum absolute atomic E-state index is 12.7. The monoisotopic (exact) mass is 294 g/mol. The van der Waals surface area contributed by atoms with Crippen molar-refractivity contribution >= 4 is 11.7 Å². The van der Waals surface area contributed by atoms with Crippen LogP contribution in [0.25, 0.3) is 0 Å². The normalized spacial score (nSPS) is 27.3. The van der Waals surface area contributed by atoms with Crippen molar-refractivity contribution in [1.82, 2.24) is 4.90 Å². The first-order chi connectivity index (χ1) is 9.42. The van der Waals surface area contributed by atoms with Crippen molar-refractivity contribution in [3.63, 3.8) is 0 Å². The summed E-state index contributed by atoms with van der Waals surface area (Å²) in [5, 5.41) is 3.55. The number of hydrogen-bond acceptors (Lipinski definition) is 5. The summed E-state index contributed by atoms with van der Waals surface area (Å²) < 4.78 is 42.9. The molecule has 0 aromatic heterocycles. The van der Waals surface area contributed by atoms with Crippen molar-refractivity contribution < 1.29 is 27.5 Å². The highest BCUT2D eigenvalue weighted by Gasteiger charge is 2.48. The maximum Gasteiger partial charge on any atom is 0.389 e. The number of oxime groups is 1. The van der Waals surface area contributed by atoms with Crippen LogP contribution in [-0.2, 0) is 14.4 Å². The van der Waals surface area contributed by atoms with Crippen LogP contribution in [-0.4, -0.2) is 48.7 Å². The van der Waals surface area contributed by atoms with E-state index in [-0.39, 0.29) is 12.3 Å². The fraction of sp³-hybridized carbons (Fsp3) is 0.833. The molecule has 20 heavy (non-hydrogen) atoms. The summed E-state index contributed by atoms with van der Waals surface area (Å²) in [4.78, 5) is 18.6. The van der Waals surface area contributed by atoms with Gasteiger partial charge in [-0.1, -0.05) is 5.16 Å². The largest absolute Gasteiger partial charge is 0.461 e. The van der Waals surface area contributed by atoms with Gasteiger partial charge in [0.15, 0.2) is 11.9 Å². The predicted molar refractivity (Wildman–Crippen MR) is 63.9 cm³/mol. The van der Waals surface area contributed by atoms with Crippen LogP contribution in [0, 0.1) is 5.92 Å². The van der Waals surface area contributed by atoms with Gasteiger partial charge >= 0.3 is 12.1 Å². The molecule has 8 heteroatoms. The van der Waals surface area contributed by atoms with E-state index >= 15 is 0 Å². The number of halogens is 3. The molecule has 0 spiro atoms. The molecule has 114 valence electrons. The fourth-order valence-corrected chi connectivity index (χ4v) is 2.54. The van der Waals surface area contributed by atoms with Crippen LogP contribution >= 0.6 is 0 Å². The van der Waals surface area contributed by atoms with Gasteiger partial charge in [0, 0.05) is 13.1 Å². The Bertz CT molecular complexity index is 392. The number of ether oxygens (including phenoxy) is 1. The lowest BCUT2D eigenvalue weighted by molar-refractivity contribution is -0.156. The van der Waals surface area contributed by atoms with Crippen LogP contribution in [0.2, 0.25) is 0 Å². The molecule has 2 aliphatic rings. The second kappa shape index (κ2) is 5.99. The molecule has 0 bridgehead atoms. The molecule has 0 aliphatic carbocycles. The van der Waals surface area contributed by atoms with E-state index in [1.165, 1.54) is 0 Å². The van der Waals surface area contributed by atoms with E-state index in [9.17, 15) is 18.0 Å². The molecule has 2 aliphatic heterocycles. The van der Waals surface area contributed by atoms with E-state index < -0.39 is 30.7 Å². The number of carbonyl (C=O) groups excluding carboxylic acids is 1. The topological polar surface area (TPSA) is 51.1 Å². The molecule has 0 aromatic rings. The third kappa shape index (κ3) is 3.41. The van der Waals surface area contributed by atoms with E-state index in [2.05, 4.69) is 5.16 Å². The van der Waals surface area contributed by atoms with E-state index in [0.29, 0.717) is 13.1 Å². The van der Waals surface area contributed by atoms with Crippen molar-refractivity contribution in [2.45, 2.75) is 38.6 Å². The van der Waals surface area contributed by atoms with E-state index in [1.807, 2.05) is 0 Å². The lowest BCUT2D eigenvalue weighted by Crippen LogP contribution is -2.43. The SMILES string of the molecule is CCOC(=O)C1=NOC(N2CCCC2)C1CC(F)(F)F. The summed E-state index contributed by atoms with van der Waals surface area (Å²) in [6, 6.07) is 0. The molecule has 0 saturated carbocycles. The fourth-order valence-electron chi connectivity index (χ4n) is 2.54. The second-order valence-corrected chi connectivity index (χ2v) is 4.86. The molecular formula is C12H17F3N2O3. The molecule has 0 N–H and O–H groups in total. The van der Waals surface area contributed by atoms with Gasteiger partial charge in [0.2, 0.25) is 0 Å². The van der Waals surface area contributed by atoms with Gasteiger partial charge in [-0.2, -0.15) is 13.2 Å². The molecule has 0 radical (unpaired) electrons. The third-order valence-corrected chi connectivity index (χ3v) is 3.39. The van der Waals surface area contributed by atoms with Gasteiger partial charge in [-0.3, -0.25) is 4.90 Å². The third-order valence-electron chi connectivity index (χ3n) is 3.39. The zero-order valence-corrected chi connectivity index (χ0v) is 11.2. The average Bonchev–Trinajstić information content (AvgIpc) is 2.95. The first-order valence-electron chi connectivity index (χ1n) is 6.64. The minimum absolute atomic E-state index is 0.0883. The summed E-state index contributed by atoms with van der Waals surface area (Å²) in [7, 11) is 0. The van der Waals surface area contributed by atoms with E-state index in [0.717, 1.165) is 12.8 Å². The lowest BCUT2D eigenvalue weighted by Gasteiger charge is -2.27. The van der Waals surface area contributed by atoms with E-state index in [1.54, 1.807) is 11.8 Å². The minimum Gasteiger partial charge on any atom is -0.461 e. The smallest absolute Gasteiger partial charge is 0.389 e. The number of likely N-dealkylation sites (tertiary alicyclic amines) is 1. The molecule has 5 nitrogen and oxygen atoms in total. The van der Waals surface area contributed by atoms with Gasteiger partial charge in [0.05, 0.1) is 18.9 Å². The number of carbonyl (C=O) groups is 1. The first-order valence-corrected chi connectivity index (χ1v) is 6.64. The Morgan fingerprint density at radius 2 is 2.10 bits per heavy atom. The van der Waals surface area contributed by atoms with Crippen molar-refractivity contribution in [2.75, 3.05) is 19.7 Å². The molecule has 0 aromatic carbocycles. The number of hydrogen-bond donors (Lipinski definition) is 0. The zero-order valence-electron chi connectivity index (χ0n) is 11.2. The van der Waals surface area contributed by atoms with Gasteiger partial charge < -0.3 is 9.57 Å². The van der Waals surface area contributed by atoms with Crippen LogP contribution in [0.4, 0.5) is 13.2 Å². The summed E-state index contributed by atoms with van der Waals surface area (Å²) in [5.74, 6) is -1.95. The molecular weight excluding hydrogens is 277 g/mol. The predicted octanol–water partition coefficient (Wildman–Crippen LogP) is 1.93. The average molecular weight is 294 g/mol. The van der Waals surface area contributed by atoms with Crippen LogP contribution < -0.4 is 0 Å². The molecule has 1 saturated heterocycles. The Balaban J connectivity index is 2.13. The summed E-state index contributed by atoms with van der Waals surface area (Å²) >= 11 is 0. The highest BCUT2D eigenvalue weighted by atomic mass is 19.4. The van der Waals surface area contributed by atoms with Gasteiger partial charge in [0.25, 0.3) is 0 Å². The van der Waals surface area contributed by atoms with E-state index in [4.69, 9.17) is 9.57 Å². The highest BCUT2D eigenvalue weighted by molar-refractivity contribution is 6.37. The summed E-state index contributed by atoms with van der Waals surface area (Å²) in [6.45, 7) is 2.99. The van der Waals surface area contributed by atoms with Gasteiger partial charge in [-0.05, 0) is 19.8 Å². The van der Waals surface area contributed by atoms with Crippen LogP contribution in [0.1, 0.15) is 26.2 Å². The summed E-state index contributed by atoms with van der Waals surface area (Å²) in [5.41, 5.74) is -0.263. The van der Waals surface area contributed by atoms with Crippen LogP contribution in [0.3, 0.4) is 0 Å². The minimum atomic E-state index is -4.39. The van der Waals surface area contributed by atoms with Gasteiger partial charge in [-0.15, -0.1) is 0 Å². The molecule has 2 atom stereocenters. The Labute approximate surface area is 114 Å². The Hall–Kier alpha value is -1.31. The number of esters is 1. The zero-order chi connectivity index (χ0) is 14.8. The number of nitrogens with zero attached hydrogens (tertiary/aromatic N) is 2. The molecule has 2 unspecified atom stereocenters. The maximum atomic E-state index is 12.7. The second-order valence-electron chi connectivity index (χ2n) is 4.86. The van der Waals surface area contributed by atoms with Gasteiger partial charge in [-0.25, -0.2) is 4.79 Å². The van der Waals surface area contributed by atoms with Crippen LogP contribution in [0.15, 0.2) is 5.16 Å². The molecule has 0 amide bonds. The Morgan fingerprint density at radius 1 is 1.45 bits per heavy atom. The molecule has 2 heterocycles.